The van der Waals surface area contributed by atoms with Crippen LogP contribution >= 0.6 is 0 Å². The maximum absolute atomic E-state index is 11.9. The van der Waals surface area contributed by atoms with Crippen molar-refractivity contribution >= 4 is 10.0 Å². The van der Waals surface area contributed by atoms with E-state index in [1.165, 1.54) is 12.1 Å². The lowest BCUT2D eigenvalue weighted by atomic mass is 10.0. The van der Waals surface area contributed by atoms with Gasteiger partial charge in [0.15, 0.2) is 0 Å². The minimum Gasteiger partial charge on any atom is -0.492 e. The van der Waals surface area contributed by atoms with Gasteiger partial charge < -0.3 is 10.5 Å². The Bertz CT molecular complexity index is 510. The van der Waals surface area contributed by atoms with Crippen LogP contribution in [0, 0.1) is 0 Å². The van der Waals surface area contributed by atoms with Gasteiger partial charge in [0.05, 0.1) is 4.90 Å². The van der Waals surface area contributed by atoms with Crippen molar-refractivity contribution in [3.63, 3.8) is 0 Å². The zero-order valence-corrected chi connectivity index (χ0v) is 13.2. The van der Waals surface area contributed by atoms with Gasteiger partial charge in [-0.1, -0.05) is 13.8 Å². The molecule has 0 amide bonds. The van der Waals surface area contributed by atoms with Crippen LogP contribution in [0.1, 0.15) is 33.6 Å². The lowest BCUT2D eigenvalue weighted by Gasteiger charge is -2.22. The number of rotatable bonds is 8. The molecule has 0 aliphatic carbocycles. The van der Waals surface area contributed by atoms with Gasteiger partial charge in [0, 0.05) is 12.1 Å². The SMILES string of the molecule is CCCNS(=O)(=O)c1ccc(OCC(C)(N)CC)cc1. The first-order valence-corrected chi connectivity index (χ1v) is 8.30. The Kier molecular flexibility index (Phi) is 5.98. The van der Waals surface area contributed by atoms with Gasteiger partial charge in [0.1, 0.15) is 12.4 Å². The lowest BCUT2D eigenvalue weighted by molar-refractivity contribution is 0.226. The highest BCUT2D eigenvalue weighted by molar-refractivity contribution is 7.89. The zero-order valence-electron chi connectivity index (χ0n) is 12.3. The molecule has 0 aliphatic rings. The van der Waals surface area contributed by atoms with Crippen molar-refractivity contribution < 1.29 is 13.2 Å². The number of sulfonamides is 1. The maximum atomic E-state index is 11.9. The second kappa shape index (κ2) is 7.06. The summed E-state index contributed by atoms with van der Waals surface area (Å²) in [4.78, 5) is 0.240. The predicted molar refractivity (Wildman–Crippen MR) is 80.3 cm³/mol. The third kappa shape index (κ3) is 5.11. The molecule has 1 atom stereocenters. The van der Waals surface area contributed by atoms with E-state index in [4.69, 9.17) is 10.5 Å². The summed E-state index contributed by atoms with van der Waals surface area (Å²) in [5.74, 6) is 0.615. The van der Waals surface area contributed by atoms with Crippen LogP contribution in [-0.2, 0) is 10.0 Å². The van der Waals surface area contributed by atoms with Crippen molar-refractivity contribution in [3.05, 3.63) is 24.3 Å². The van der Waals surface area contributed by atoms with Crippen LogP contribution in [0.25, 0.3) is 0 Å². The molecule has 1 aromatic carbocycles. The third-order valence-corrected chi connectivity index (χ3v) is 4.53. The van der Waals surface area contributed by atoms with E-state index in [1.54, 1.807) is 12.1 Å². The molecule has 6 heteroatoms. The highest BCUT2D eigenvalue weighted by Gasteiger charge is 2.17. The van der Waals surface area contributed by atoms with Crippen molar-refractivity contribution in [3.8, 4) is 5.75 Å². The molecule has 114 valence electrons. The van der Waals surface area contributed by atoms with E-state index in [0.717, 1.165) is 12.8 Å². The molecule has 1 unspecified atom stereocenters. The summed E-state index contributed by atoms with van der Waals surface area (Å²) in [5.41, 5.74) is 5.61. The van der Waals surface area contributed by atoms with Gasteiger partial charge in [0.25, 0.3) is 0 Å². The average molecular weight is 300 g/mol. The Morgan fingerprint density at radius 2 is 1.85 bits per heavy atom. The number of hydrogen-bond acceptors (Lipinski definition) is 4. The summed E-state index contributed by atoms with van der Waals surface area (Å²) in [5, 5.41) is 0. The topological polar surface area (TPSA) is 81.4 Å². The molecular weight excluding hydrogens is 276 g/mol. The summed E-state index contributed by atoms with van der Waals surface area (Å²) < 4.78 is 31.9. The highest BCUT2D eigenvalue weighted by Crippen LogP contribution is 2.17. The van der Waals surface area contributed by atoms with Crippen LogP contribution in [-0.4, -0.2) is 27.1 Å². The fourth-order valence-corrected chi connectivity index (χ4v) is 2.52. The number of hydrogen-bond donors (Lipinski definition) is 2. The normalized spacial score (nSPS) is 14.8. The summed E-state index contributed by atoms with van der Waals surface area (Å²) in [6.07, 6.45) is 1.56. The average Bonchev–Trinajstić information content (AvgIpc) is 2.43. The van der Waals surface area contributed by atoms with Crippen LogP contribution in [0.2, 0.25) is 0 Å². The van der Waals surface area contributed by atoms with Crippen molar-refractivity contribution in [1.29, 1.82) is 0 Å². The number of nitrogens with one attached hydrogen (secondary N) is 1. The maximum Gasteiger partial charge on any atom is 0.240 e. The second-order valence-corrected chi connectivity index (χ2v) is 6.93. The Labute approximate surface area is 121 Å². The fraction of sp³-hybridized carbons (Fsp3) is 0.571. The van der Waals surface area contributed by atoms with Gasteiger partial charge in [-0.3, -0.25) is 0 Å². The molecule has 20 heavy (non-hydrogen) atoms. The van der Waals surface area contributed by atoms with Crippen LogP contribution in [0.15, 0.2) is 29.2 Å². The molecule has 0 radical (unpaired) electrons. The van der Waals surface area contributed by atoms with Gasteiger partial charge in [-0.2, -0.15) is 0 Å². The Morgan fingerprint density at radius 3 is 2.35 bits per heavy atom. The molecule has 0 spiro atoms. The van der Waals surface area contributed by atoms with Crippen LogP contribution in [0.5, 0.6) is 5.75 Å². The van der Waals surface area contributed by atoms with Gasteiger partial charge in [-0.25, -0.2) is 13.1 Å². The van der Waals surface area contributed by atoms with E-state index in [9.17, 15) is 8.42 Å². The third-order valence-electron chi connectivity index (χ3n) is 3.05. The van der Waals surface area contributed by atoms with Crippen molar-refractivity contribution in [2.45, 2.75) is 44.0 Å². The molecule has 5 nitrogen and oxygen atoms in total. The molecule has 0 saturated carbocycles. The quantitative estimate of drug-likeness (QED) is 0.768. The molecule has 3 N–H and O–H groups in total. The Morgan fingerprint density at radius 1 is 1.25 bits per heavy atom. The molecular formula is C14H24N2O3S. The monoisotopic (exact) mass is 300 g/mol. The largest absolute Gasteiger partial charge is 0.492 e. The number of benzene rings is 1. The smallest absolute Gasteiger partial charge is 0.240 e. The predicted octanol–water partition coefficient (Wildman–Crippen LogP) is 1.88. The van der Waals surface area contributed by atoms with E-state index in [0.29, 0.717) is 18.9 Å². The summed E-state index contributed by atoms with van der Waals surface area (Å²) in [6.45, 7) is 6.65. The van der Waals surface area contributed by atoms with Crippen LogP contribution in [0.3, 0.4) is 0 Å². The summed E-state index contributed by atoms with van der Waals surface area (Å²) >= 11 is 0. The standard InChI is InChI=1S/C14H24N2O3S/c1-4-10-16-20(17,18)13-8-6-12(7-9-13)19-11-14(3,15)5-2/h6-9,16H,4-5,10-11,15H2,1-3H3. The molecule has 0 bridgehead atoms. The minimum absolute atomic E-state index is 0.240. The van der Waals surface area contributed by atoms with Crippen LogP contribution < -0.4 is 15.2 Å². The minimum atomic E-state index is -3.42. The number of nitrogens with two attached hydrogens (primary N) is 1. The molecule has 0 fully saturated rings. The first-order chi connectivity index (χ1) is 9.30. The van der Waals surface area contributed by atoms with Crippen molar-refractivity contribution in [2.24, 2.45) is 5.73 Å². The molecule has 1 rings (SSSR count). The van der Waals surface area contributed by atoms with E-state index >= 15 is 0 Å². The van der Waals surface area contributed by atoms with Gasteiger partial charge >= 0.3 is 0 Å². The van der Waals surface area contributed by atoms with E-state index in [2.05, 4.69) is 4.72 Å². The summed E-state index contributed by atoms with van der Waals surface area (Å²) in [7, 11) is -3.42. The molecule has 0 saturated heterocycles. The van der Waals surface area contributed by atoms with Crippen LogP contribution in [0.4, 0.5) is 0 Å². The molecule has 0 aromatic heterocycles. The second-order valence-electron chi connectivity index (χ2n) is 5.17. The van der Waals surface area contributed by atoms with Gasteiger partial charge in [0.2, 0.25) is 10.0 Å². The van der Waals surface area contributed by atoms with E-state index in [-0.39, 0.29) is 10.4 Å². The Hall–Kier alpha value is -1.11. The molecule has 1 aromatic rings. The first-order valence-electron chi connectivity index (χ1n) is 6.82. The number of ether oxygens (including phenoxy) is 1. The van der Waals surface area contributed by atoms with Crippen molar-refractivity contribution in [2.75, 3.05) is 13.2 Å². The fourth-order valence-electron chi connectivity index (χ4n) is 1.39. The van der Waals surface area contributed by atoms with Crippen molar-refractivity contribution in [1.82, 2.24) is 4.72 Å². The summed E-state index contributed by atoms with van der Waals surface area (Å²) in [6, 6.07) is 6.36. The highest BCUT2D eigenvalue weighted by atomic mass is 32.2. The van der Waals surface area contributed by atoms with Gasteiger partial charge in [-0.15, -0.1) is 0 Å². The molecule has 0 aliphatic heterocycles. The zero-order chi connectivity index (χ0) is 15.2. The first kappa shape index (κ1) is 16.9. The van der Waals surface area contributed by atoms with Gasteiger partial charge in [-0.05, 0) is 44.0 Å². The lowest BCUT2D eigenvalue weighted by Crippen LogP contribution is -2.41. The Balaban J connectivity index is 2.69. The van der Waals surface area contributed by atoms with E-state index < -0.39 is 10.0 Å². The molecule has 0 heterocycles. The van der Waals surface area contributed by atoms with E-state index in [1.807, 2.05) is 20.8 Å².